The molecule has 0 aliphatic carbocycles. The highest BCUT2D eigenvalue weighted by Gasteiger charge is 2.22. The lowest BCUT2D eigenvalue weighted by molar-refractivity contribution is -0.125. The van der Waals surface area contributed by atoms with Crippen molar-refractivity contribution in [2.45, 2.75) is 24.3 Å². The van der Waals surface area contributed by atoms with E-state index >= 15 is 0 Å². The van der Waals surface area contributed by atoms with Gasteiger partial charge in [0, 0.05) is 23.6 Å². The molecule has 0 saturated carbocycles. The lowest BCUT2D eigenvalue weighted by atomic mass is 9.96. The molecule has 3 unspecified atom stereocenters. The Morgan fingerprint density at radius 2 is 2.11 bits per heavy atom. The van der Waals surface area contributed by atoms with E-state index in [-0.39, 0.29) is 17.9 Å². The van der Waals surface area contributed by atoms with E-state index in [4.69, 9.17) is 0 Å². The molecule has 1 fully saturated rings. The summed E-state index contributed by atoms with van der Waals surface area (Å²) in [5.74, 6) is 0.261. The molecule has 1 aliphatic rings. The molecule has 1 aromatic carbocycles. The van der Waals surface area contributed by atoms with Crippen LogP contribution >= 0.6 is 0 Å². The maximum absolute atomic E-state index is 11.6. The normalized spacial score (nSPS) is 25.3. The smallest absolute Gasteiger partial charge is 0.234 e. The molecule has 2 rings (SSSR count). The second-order valence-corrected chi connectivity index (χ2v) is 6.10. The van der Waals surface area contributed by atoms with Gasteiger partial charge in [0.15, 0.2) is 0 Å². The first kappa shape index (κ1) is 14.0. The van der Waals surface area contributed by atoms with Gasteiger partial charge in [-0.3, -0.25) is 14.4 Å². The number of carbonyl (C=O) groups excluding carboxylic acids is 1. The molecule has 102 valence electrons. The third-order valence-corrected chi connectivity index (χ3v) is 4.20. The minimum Gasteiger partial charge on any atom is -0.291 e. The van der Waals surface area contributed by atoms with Crippen LogP contribution in [0, 0.1) is 5.92 Å². The number of hydrogen-bond donors (Lipinski definition) is 2. The molecule has 0 radical (unpaired) electrons. The number of hydrogen-bond acceptors (Lipinski definition) is 3. The third kappa shape index (κ3) is 3.52. The Morgan fingerprint density at radius 3 is 2.79 bits per heavy atom. The van der Waals surface area contributed by atoms with Crippen LogP contribution in [0.5, 0.6) is 0 Å². The highest BCUT2D eigenvalue weighted by atomic mass is 32.2. The minimum absolute atomic E-state index is 0.0206. The summed E-state index contributed by atoms with van der Waals surface area (Å²) in [6.07, 6.45) is 6.16. The van der Waals surface area contributed by atoms with E-state index < -0.39 is 10.8 Å². The van der Waals surface area contributed by atoms with Crippen LogP contribution < -0.4 is 10.9 Å². The van der Waals surface area contributed by atoms with Crippen molar-refractivity contribution in [3.63, 3.8) is 0 Å². The van der Waals surface area contributed by atoms with Crippen molar-refractivity contribution in [3.8, 4) is 0 Å². The Hall–Kier alpha value is -1.46. The first-order valence-electron chi connectivity index (χ1n) is 6.23. The standard InChI is InChI=1S/C14H18N2O2S/c1-10-9-14(17)16-15-12(10)8-7-11-5-3-4-6-13(11)19(2)18/h3-8,10,12,15H,9H2,1-2H3,(H,16,17)/b8-7+. The Kier molecular flexibility index (Phi) is 4.50. The summed E-state index contributed by atoms with van der Waals surface area (Å²) < 4.78 is 11.6. The second-order valence-electron chi connectivity index (χ2n) is 4.75. The van der Waals surface area contributed by atoms with Crippen LogP contribution in [-0.4, -0.2) is 22.4 Å². The molecule has 3 atom stereocenters. The second kappa shape index (κ2) is 6.12. The summed E-state index contributed by atoms with van der Waals surface area (Å²) in [6.45, 7) is 2.03. The van der Waals surface area contributed by atoms with Gasteiger partial charge in [0.25, 0.3) is 0 Å². The molecule has 0 spiro atoms. The van der Waals surface area contributed by atoms with Gasteiger partial charge in [-0.05, 0) is 17.5 Å². The highest BCUT2D eigenvalue weighted by molar-refractivity contribution is 7.84. The molecule has 4 nitrogen and oxygen atoms in total. The number of nitrogens with one attached hydrogen (secondary N) is 2. The van der Waals surface area contributed by atoms with Gasteiger partial charge in [-0.2, -0.15) is 0 Å². The topological polar surface area (TPSA) is 58.2 Å². The Morgan fingerprint density at radius 1 is 1.37 bits per heavy atom. The molecule has 1 heterocycles. The molecule has 0 aromatic heterocycles. The SMILES string of the molecule is CC1CC(=O)NNC1/C=C/c1ccccc1S(C)=O. The fourth-order valence-electron chi connectivity index (χ4n) is 2.10. The summed E-state index contributed by atoms with van der Waals surface area (Å²) in [4.78, 5) is 12.0. The van der Waals surface area contributed by atoms with Crippen molar-refractivity contribution < 1.29 is 9.00 Å². The zero-order valence-corrected chi connectivity index (χ0v) is 11.9. The van der Waals surface area contributed by atoms with Crippen molar-refractivity contribution in [3.05, 3.63) is 35.9 Å². The number of hydrazine groups is 1. The van der Waals surface area contributed by atoms with Crippen LogP contribution in [0.2, 0.25) is 0 Å². The van der Waals surface area contributed by atoms with Crippen molar-refractivity contribution in [1.29, 1.82) is 0 Å². The van der Waals surface area contributed by atoms with Gasteiger partial charge >= 0.3 is 0 Å². The summed E-state index contributed by atoms with van der Waals surface area (Å²) in [6, 6.07) is 7.72. The average molecular weight is 278 g/mol. The number of rotatable bonds is 3. The molecular formula is C14H18N2O2S. The maximum Gasteiger partial charge on any atom is 0.234 e. The quantitative estimate of drug-likeness (QED) is 0.880. The van der Waals surface area contributed by atoms with Gasteiger partial charge in [-0.1, -0.05) is 37.3 Å². The zero-order chi connectivity index (χ0) is 13.8. The van der Waals surface area contributed by atoms with E-state index in [1.54, 1.807) is 6.26 Å². The molecule has 5 heteroatoms. The van der Waals surface area contributed by atoms with E-state index in [1.807, 2.05) is 43.3 Å². The van der Waals surface area contributed by atoms with Gasteiger partial charge in [0.1, 0.15) is 0 Å². The van der Waals surface area contributed by atoms with E-state index in [2.05, 4.69) is 10.9 Å². The Balaban J connectivity index is 2.15. The summed E-state index contributed by atoms with van der Waals surface area (Å²) in [7, 11) is -1.00. The van der Waals surface area contributed by atoms with Crippen LogP contribution in [-0.2, 0) is 15.6 Å². The largest absolute Gasteiger partial charge is 0.291 e. The Bertz CT molecular complexity index is 528. The predicted octanol–water partition coefficient (Wildman–Crippen LogP) is 1.47. The lowest BCUT2D eigenvalue weighted by Crippen LogP contribution is -2.52. The van der Waals surface area contributed by atoms with Crippen molar-refractivity contribution in [2.75, 3.05) is 6.26 Å². The predicted molar refractivity (Wildman–Crippen MR) is 76.7 cm³/mol. The monoisotopic (exact) mass is 278 g/mol. The van der Waals surface area contributed by atoms with E-state index in [0.29, 0.717) is 6.42 Å². The number of benzene rings is 1. The first-order valence-corrected chi connectivity index (χ1v) is 7.79. The highest BCUT2D eigenvalue weighted by Crippen LogP contribution is 2.17. The minimum atomic E-state index is -1.00. The molecule has 1 aromatic rings. The average Bonchev–Trinajstić information content (AvgIpc) is 2.38. The molecule has 1 saturated heterocycles. The zero-order valence-electron chi connectivity index (χ0n) is 11.1. The van der Waals surface area contributed by atoms with Gasteiger partial charge in [-0.25, -0.2) is 5.43 Å². The molecule has 1 amide bonds. The summed E-state index contributed by atoms with van der Waals surface area (Å²) >= 11 is 0. The molecular weight excluding hydrogens is 260 g/mol. The van der Waals surface area contributed by atoms with Crippen LogP contribution in [0.25, 0.3) is 6.08 Å². The fraction of sp³-hybridized carbons (Fsp3) is 0.357. The van der Waals surface area contributed by atoms with E-state index in [0.717, 1.165) is 10.5 Å². The van der Waals surface area contributed by atoms with E-state index in [1.165, 1.54) is 0 Å². The lowest BCUT2D eigenvalue weighted by Gasteiger charge is -2.27. The van der Waals surface area contributed by atoms with Gasteiger partial charge in [-0.15, -0.1) is 0 Å². The van der Waals surface area contributed by atoms with Gasteiger partial charge < -0.3 is 0 Å². The molecule has 2 N–H and O–H groups in total. The fourth-order valence-corrected chi connectivity index (χ4v) is 2.84. The van der Waals surface area contributed by atoms with Crippen LogP contribution in [0.15, 0.2) is 35.2 Å². The maximum atomic E-state index is 11.6. The van der Waals surface area contributed by atoms with Crippen LogP contribution in [0.1, 0.15) is 18.9 Å². The number of carbonyl (C=O) groups is 1. The van der Waals surface area contributed by atoms with Crippen molar-refractivity contribution in [2.24, 2.45) is 5.92 Å². The van der Waals surface area contributed by atoms with Crippen LogP contribution in [0.3, 0.4) is 0 Å². The third-order valence-electron chi connectivity index (χ3n) is 3.21. The van der Waals surface area contributed by atoms with Crippen LogP contribution in [0.4, 0.5) is 0 Å². The Labute approximate surface area is 115 Å². The molecule has 19 heavy (non-hydrogen) atoms. The first-order chi connectivity index (χ1) is 9.08. The number of amides is 1. The molecule has 0 bridgehead atoms. The van der Waals surface area contributed by atoms with Gasteiger partial charge in [0.05, 0.1) is 10.8 Å². The summed E-state index contributed by atoms with van der Waals surface area (Å²) in [5, 5.41) is 0. The van der Waals surface area contributed by atoms with E-state index in [9.17, 15) is 9.00 Å². The molecule has 1 aliphatic heterocycles. The van der Waals surface area contributed by atoms with Gasteiger partial charge in [0.2, 0.25) is 5.91 Å². The summed E-state index contributed by atoms with van der Waals surface area (Å²) in [5.41, 5.74) is 6.56. The van der Waals surface area contributed by atoms with Crippen molar-refractivity contribution in [1.82, 2.24) is 10.9 Å². The van der Waals surface area contributed by atoms with Crippen molar-refractivity contribution >= 4 is 22.8 Å².